The molecule has 5 N–H and O–H groups in total. The predicted octanol–water partition coefficient (Wildman–Crippen LogP) is 2.18. The third-order valence-electron chi connectivity index (χ3n) is 6.48. The zero-order valence-corrected chi connectivity index (χ0v) is 19.5. The summed E-state index contributed by atoms with van der Waals surface area (Å²) in [6.07, 6.45) is 1.01. The van der Waals surface area contributed by atoms with E-state index >= 15 is 0 Å². The van der Waals surface area contributed by atoms with Crippen molar-refractivity contribution in [3.63, 3.8) is 0 Å². The van der Waals surface area contributed by atoms with Crippen LogP contribution in [0, 0.1) is 0 Å². The molecule has 2 aliphatic rings. The Morgan fingerprint density at radius 1 is 1.15 bits per heavy atom. The van der Waals surface area contributed by atoms with Crippen molar-refractivity contribution in [1.82, 2.24) is 10.3 Å². The fourth-order valence-electron chi connectivity index (χ4n) is 4.71. The number of ether oxygens (including phenoxy) is 1. The van der Waals surface area contributed by atoms with Gasteiger partial charge in [-0.1, -0.05) is 38.1 Å². The molecule has 0 spiro atoms. The van der Waals surface area contributed by atoms with Gasteiger partial charge in [0.1, 0.15) is 16.5 Å². The van der Waals surface area contributed by atoms with Crippen LogP contribution in [0.3, 0.4) is 0 Å². The average molecular weight is 482 g/mol. The van der Waals surface area contributed by atoms with Gasteiger partial charge in [-0.3, -0.25) is 9.59 Å². The van der Waals surface area contributed by atoms with Crippen LogP contribution in [0.1, 0.15) is 57.3 Å². The highest BCUT2D eigenvalue weighted by atomic mass is 32.2. The van der Waals surface area contributed by atoms with E-state index in [4.69, 9.17) is 10.5 Å². The number of aromatic amines is 1. The lowest BCUT2D eigenvalue weighted by atomic mass is 9.82. The van der Waals surface area contributed by atoms with Crippen molar-refractivity contribution in [2.24, 2.45) is 0 Å². The number of fused-ring (bicyclic) bond motifs is 5. The minimum atomic E-state index is -3.59. The zero-order valence-electron chi connectivity index (χ0n) is 18.7. The van der Waals surface area contributed by atoms with E-state index in [9.17, 15) is 23.1 Å². The SMILES string of the molecule is CC(C)c1ccc2c(c1)O[C@]1(O)c3cccc(N)c3C(=O)[C@]21NC(=O)c1ccc(S(C)(=O)=O)[nH]1. The van der Waals surface area contributed by atoms with E-state index in [1.165, 1.54) is 24.3 Å². The third-order valence-corrected chi connectivity index (χ3v) is 7.51. The molecule has 1 amide bonds. The van der Waals surface area contributed by atoms with Crippen molar-refractivity contribution in [2.75, 3.05) is 12.0 Å². The van der Waals surface area contributed by atoms with Crippen LogP contribution in [0.2, 0.25) is 0 Å². The number of H-pyrrole nitrogens is 1. The van der Waals surface area contributed by atoms with Gasteiger partial charge in [-0.2, -0.15) is 0 Å². The molecule has 10 heteroatoms. The largest absolute Gasteiger partial charge is 0.454 e. The van der Waals surface area contributed by atoms with Gasteiger partial charge in [0.05, 0.1) is 5.56 Å². The number of nitrogen functional groups attached to an aromatic ring is 1. The van der Waals surface area contributed by atoms with Crippen LogP contribution >= 0.6 is 0 Å². The smallest absolute Gasteiger partial charge is 0.271 e. The maximum absolute atomic E-state index is 13.9. The average Bonchev–Trinajstić information content (AvgIpc) is 3.40. The molecule has 1 aliphatic carbocycles. The molecule has 0 fully saturated rings. The number of ketones is 1. The Morgan fingerprint density at radius 3 is 2.53 bits per heavy atom. The molecule has 2 heterocycles. The molecule has 3 aromatic rings. The van der Waals surface area contributed by atoms with Crippen LogP contribution in [-0.2, 0) is 21.2 Å². The van der Waals surface area contributed by atoms with E-state index in [1.54, 1.807) is 18.2 Å². The van der Waals surface area contributed by atoms with Crippen molar-refractivity contribution in [3.8, 4) is 5.75 Å². The van der Waals surface area contributed by atoms with E-state index in [1.807, 2.05) is 19.9 Å². The number of Topliss-reactive ketones (excluding diaryl/α,β-unsaturated/α-hetero) is 1. The molecule has 0 radical (unpaired) electrons. The number of hydrogen-bond donors (Lipinski definition) is 4. The van der Waals surface area contributed by atoms with Crippen molar-refractivity contribution in [3.05, 3.63) is 76.5 Å². The number of sulfone groups is 1. The molecule has 9 nitrogen and oxygen atoms in total. The zero-order chi connectivity index (χ0) is 24.6. The Bertz CT molecular complexity index is 1490. The third kappa shape index (κ3) is 2.78. The summed E-state index contributed by atoms with van der Waals surface area (Å²) in [4.78, 5) is 29.8. The number of anilines is 1. The Balaban J connectivity index is 1.70. The van der Waals surface area contributed by atoms with Gasteiger partial charge in [-0.25, -0.2) is 8.42 Å². The lowest BCUT2D eigenvalue weighted by Crippen LogP contribution is -2.60. The van der Waals surface area contributed by atoms with Gasteiger partial charge in [-0.05, 0) is 35.7 Å². The standard InChI is InChI=1S/C24H23N3O6S/c1-12(2)13-7-8-14-18(11-13)33-24(30)15-5-4-6-16(25)20(15)21(28)23(14,24)27-22(29)17-9-10-19(26-17)34(3,31)32/h4-12,26,30H,25H2,1-3H3,(H,27,29)/t23-,24-/m1/s1. The number of aliphatic hydroxyl groups is 1. The molecule has 34 heavy (non-hydrogen) atoms. The van der Waals surface area contributed by atoms with Gasteiger partial charge < -0.3 is 25.9 Å². The molecule has 0 saturated heterocycles. The lowest BCUT2D eigenvalue weighted by Gasteiger charge is -2.34. The summed E-state index contributed by atoms with van der Waals surface area (Å²) in [5.41, 5.74) is 5.51. The second kappa shape index (κ2) is 6.94. The summed E-state index contributed by atoms with van der Waals surface area (Å²) in [6.45, 7) is 3.99. The van der Waals surface area contributed by atoms with Crippen LogP contribution in [0.5, 0.6) is 5.75 Å². The van der Waals surface area contributed by atoms with Gasteiger partial charge in [-0.15, -0.1) is 0 Å². The Hall–Kier alpha value is -3.63. The number of carbonyl (C=O) groups is 2. The number of carbonyl (C=O) groups excluding carboxylic acids is 2. The number of benzene rings is 2. The van der Waals surface area contributed by atoms with Crippen molar-refractivity contribution >= 4 is 27.2 Å². The first kappa shape index (κ1) is 22.2. The number of rotatable bonds is 4. The predicted molar refractivity (Wildman–Crippen MR) is 123 cm³/mol. The van der Waals surface area contributed by atoms with Crippen molar-refractivity contribution in [1.29, 1.82) is 0 Å². The molecule has 5 rings (SSSR count). The van der Waals surface area contributed by atoms with Crippen LogP contribution < -0.4 is 15.8 Å². The first-order valence-corrected chi connectivity index (χ1v) is 12.5. The minimum Gasteiger partial charge on any atom is -0.454 e. The molecular formula is C24H23N3O6S. The molecule has 2 atom stereocenters. The van der Waals surface area contributed by atoms with Crippen molar-refractivity contribution < 1.29 is 27.9 Å². The van der Waals surface area contributed by atoms with Crippen LogP contribution in [0.4, 0.5) is 5.69 Å². The molecule has 0 bridgehead atoms. The minimum absolute atomic E-state index is 0.0622. The van der Waals surface area contributed by atoms with Crippen LogP contribution in [0.15, 0.2) is 53.6 Å². The topological polar surface area (TPSA) is 152 Å². The summed E-state index contributed by atoms with van der Waals surface area (Å²) in [7, 11) is -3.59. The normalized spacial score (nSPS) is 22.8. The molecule has 0 saturated carbocycles. The maximum atomic E-state index is 13.9. The quantitative estimate of drug-likeness (QED) is 0.417. The van der Waals surface area contributed by atoms with Crippen LogP contribution in [0.25, 0.3) is 0 Å². The van der Waals surface area contributed by atoms with E-state index in [2.05, 4.69) is 10.3 Å². The Morgan fingerprint density at radius 2 is 1.88 bits per heavy atom. The first-order chi connectivity index (χ1) is 15.9. The summed E-state index contributed by atoms with van der Waals surface area (Å²) in [5.74, 6) is -3.26. The summed E-state index contributed by atoms with van der Waals surface area (Å²) >= 11 is 0. The molecular weight excluding hydrogens is 458 g/mol. The highest BCUT2D eigenvalue weighted by molar-refractivity contribution is 7.90. The first-order valence-electron chi connectivity index (χ1n) is 10.6. The number of nitrogens with two attached hydrogens (primary N) is 1. The van der Waals surface area contributed by atoms with Gasteiger partial charge in [0, 0.05) is 23.1 Å². The molecule has 176 valence electrons. The second-order valence-corrected chi connectivity index (χ2v) is 11.0. The highest BCUT2D eigenvalue weighted by Gasteiger charge is 2.72. The van der Waals surface area contributed by atoms with Gasteiger partial charge in [0.25, 0.3) is 11.7 Å². The Kier molecular flexibility index (Phi) is 4.53. The summed E-state index contributed by atoms with van der Waals surface area (Å²) in [6, 6.07) is 12.4. The van der Waals surface area contributed by atoms with Gasteiger partial charge >= 0.3 is 0 Å². The lowest BCUT2D eigenvalue weighted by molar-refractivity contribution is -0.169. The summed E-state index contributed by atoms with van der Waals surface area (Å²) < 4.78 is 29.7. The number of aromatic nitrogens is 1. The van der Waals surface area contributed by atoms with Gasteiger partial charge in [0.2, 0.25) is 11.3 Å². The molecule has 1 aliphatic heterocycles. The Labute approximate surface area is 195 Å². The molecule has 2 aromatic carbocycles. The number of nitrogens with one attached hydrogen (secondary N) is 2. The van der Waals surface area contributed by atoms with E-state index in [0.717, 1.165) is 11.8 Å². The fraction of sp³-hybridized carbons (Fsp3) is 0.250. The van der Waals surface area contributed by atoms with E-state index in [0.29, 0.717) is 0 Å². The molecule has 1 aromatic heterocycles. The fourth-order valence-corrected chi connectivity index (χ4v) is 5.32. The van der Waals surface area contributed by atoms with Gasteiger partial charge in [0.15, 0.2) is 9.84 Å². The van der Waals surface area contributed by atoms with E-state index < -0.39 is 32.9 Å². The number of amides is 1. The summed E-state index contributed by atoms with van der Waals surface area (Å²) in [5, 5.41) is 14.4. The van der Waals surface area contributed by atoms with Crippen LogP contribution in [-0.4, -0.2) is 36.5 Å². The highest BCUT2D eigenvalue weighted by Crippen LogP contribution is 2.59. The van der Waals surface area contributed by atoms with E-state index in [-0.39, 0.29) is 44.8 Å². The maximum Gasteiger partial charge on any atom is 0.271 e. The molecule has 0 unspecified atom stereocenters. The number of hydrogen-bond acceptors (Lipinski definition) is 7. The monoisotopic (exact) mass is 481 g/mol. The van der Waals surface area contributed by atoms with Crippen molar-refractivity contribution in [2.45, 2.75) is 36.1 Å². The second-order valence-electron chi connectivity index (χ2n) is 8.97.